The van der Waals surface area contributed by atoms with E-state index in [1.165, 1.54) is 24.3 Å². The van der Waals surface area contributed by atoms with E-state index in [1.807, 2.05) is 6.92 Å². The van der Waals surface area contributed by atoms with Crippen molar-refractivity contribution in [3.05, 3.63) is 93.8 Å². The number of alkyl halides is 6. The molecule has 2 aromatic carbocycles. The van der Waals surface area contributed by atoms with Gasteiger partial charge in [0.2, 0.25) is 0 Å². The summed E-state index contributed by atoms with van der Waals surface area (Å²) >= 11 is 0. The summed E-state index contributed by atoms with van der Waals surface area (Å²) in [7, 11) is 0. The Labute approximate surface area is 204 Å². The van der Waals surface area contributed by atoms with Gasteiger partial charge >= 0.3 is 12.1 Å². The molecule has 0 aliphatic carbocycles. The smallest absolute Gasteiger partial charge is 0.288 e. The molecule has 0 fully saturated rings. The lowest BCUT2D eigenvalue weighted by Gasteiger charge is -2.23. The van der Waals surface area contributed by atoms with Crippen LogP contribution in [-0.2, 0) is 11.3 Å². The van der Waals surface area contributed by atoms with Crippen LogP contribution in [0, 0.1) is 6.92 Å². The first kappa shape index (κ1) is 25.7. The fraction of sp³-hybridized carbons (Fsp3) is 0.333. The molecule has 3 nitrogen and oxygen atoms in total. The molecule has 0 saturated heterocycles. The van der Waals surface area contributed by atoms with Crippen molar-refractivity contribution in [2.24, 2.45) is 0 Å². The van der Waals surface area contributed by atoms with E-state index in [0.29, 0.717) is 11.1 Å². The molecule has 0 N–H and O–H groups in total. The lowest BCUT2D eigenvalue weighted by Crippen LogP contribution is -2.36. The fourth-order valence-electron chi connectivity index (χ4n) is 4.49. The van der Waals surface area contributed by atoms with Crippen molar-refractivity contribution in [2.45, 2.75) is 57.8 Å². The molecule has 0 saturated carbocycles. The second kappa shape index (κ2) is 8.64. The number of hydrogen-bond acceptors (Lipinski definition) is 2. The van der Waals surface area contributed by atoms with Crippen molar-refractivity contribution in [1.82, 2.24) is 9.78 Å². The second-order valence-corrected chi connectivity index (χ2v) is 9.53. The Kier molecular flexibility index (Phi) is 6.17. The number of halogens is 6. The summed E-state index contributed by atoms with van der Waals surface area (Å²) in [5, 5.41) is 3.67. The summed E-state index contributed by atoms with van der Waals surface area (Å²) in [5.74, 6) is -6.40. The first-order chi connectivity index (χ1) is 16.7. The molecule has 1 atom stereocenters. The molecule has 36 heavy (non-hydrogen) atoms. The van der Waals surface area contributed by atoms with Crippen molar-refractivity contribution < 1.29 is 31.1 Å². The van der Waals surface area contributed by atoms with Crippen LogP contribution in [0.5, 0.6) is 0 Å². The average molecular weight is 506 g/mol. The van der Waals surface area contributed by atoms with Gasteiger partial charge in [-0.3, -0.25) is 4.79 Å². The molecule has 0 radical (unpaired) electrons. The first-order valence-corrected chi connectivity index (χ1v) is 11.3. The predicted molar refractivity (Wildman–Crippen MR) is 124 cm³/mol. The Morgan fingerprint density at radius 1 is 0.972 bits per heavy atom. The van der Waals surface area contributed by atoms with Crippen LogP contribution in [0.15, 0.2) is 60.2 Å². The molecule has 1 aliphatic heterocycles. The van der Waals surface area contributed by atoms with E-state index in [9.17, 15) is 26.7 Å². The summed E-state index contributed by atoms with van der Waals surface area (Å²) in [6.07, 6.45) is -7.87. The van der Waals surface area contributed by atoms with Gasteiger partial charge in [-0.15, -0.1) is 0 Å². The highest BCUT2D eigenvalue weighted by atomic mass is 19.4. The first-order valence-electron chi connectivity index (χ1n) is 11.3. The quantitative estimate of drug-likeness (QED) is 0.254. The van der Waals surface area contributed by atoms with Gasteiger partial charge in [0.05, 0.1) is 11.3 Å². The van der Waals surface area contributed by atoms with Gasteiger partial charge in [0.15, 0.2) is 11.5 Å². The second-order valence-electron chi connectivity index (χ2n) is 9.53. The van der Waals surface area contributed by atoms with Gasteiger partial charge in [-0.25, -0.2) is 9.07 Å². The summed E-state index contributed by atoms with van der Waals surface area (Å²) in [4.78, 5) is 13.4. The third-order valence-corrected chi connectivity index (χ3v) is 6.83. The van der Waals surface area contributed by atoms with Crippen LogP contribution in [0.25, 0.3) is 5.70 Å². The van der Waals surface area contributed by atoms with Gasteiger partial charge in [-0.05, 0) is 25.0 Å². The number of benzene rings is 2. The van der Waals surface area contributed by atoms with E-state index >= 15 is 4.39 Å². The maximum atomic E-state index is 15.3. The van der Waals surface area contributed by atoms with Crippen LogP contribution in [0.3, 0.4) is 0 Å². The van der Waals surface area contributed by atoms with E-state index in [2.05, 4.69) is 5.10 Å². The van der Waals surface area contributed by atoms with Crippen LogP contribution in [-0.4, -0.2) is 21.7 Å². The molecular weight excluding hydrogens is 482 g/mol. The predicted octanol–water partition coefficient (Wildman–Crippen LogP) is 7.70. The highest BCUT2D eigenvalue weighted by Gasteiger charge is 2.63. The summed E-state index contributed by atoms with van der Waals surface area (Å²) in [6, 6.07) is 13.8. The number of allylic oxidation sites excluding steroid dienone is 2. The lowest BCUT2D eigenvalue weighted by molar-refractivity contribution is -0.291. The molecule has 0 spiro atoms. The number of fused-ring (bicyclic) bond motifs is 1. The van der Waals surface area contributed by atoms with Crippen LogP contribution in [0.4, 0.5) is 26.3 Å². The molecule has 9 heteroatoms. The van der Waals surface area contributed by atoms with Gasteiger partial charge in [0.25, 0.3) is 0 Å². The van der Waals surface area contributed by atoms with Gasteiger partial charge < -0.3 is 0 Å². The van der Waals surface area contributed by atoms with E-state index in [0.717, 1.165) is 10.2 Å². The number of rotatable bonds is 6. The molecule has 3 aromatic rings. The van der Waals surface area contributed by atoms with E-state index in [-0.39, 0.29) is 23.4 Å². The minimum absolute atomic E-state index is 0.0579. The van der Waals surface area contributed by atoms with Gasteiger partial charge in [0.1, 0.15) is 6.17 Å². The van der Waals surface area contributed by atoms with Crippen molar-refractivity contribution in [1.29, 1.82) is 0 Å². The molecule has 1 aliphatic rings. The number of nitrogens with zero attached hydrogens (tertiary/aromatic N) is 2. The molecule has 2 heterocycles. The van der Waals surface area contributed by atoms with Crippen molar-refractivity contribution in [2.75, 3.05) is 0 Å². The third kappa shape index (κ3) is 4.04. The Morgan fingerprint density at radius 3 is 2.11 bits per heavy atom. The summed E-state index contributed by atoms with van der Waals surface area (Å²) < 4.78 is 86.2. The SMILES string of the molecule is CC1=C(CC(F)c2ccc(C)cc2)n2nc(C(F)(F)C(F)(F)F)c(C(=O)c3ccccc3)c2C1(C)C. The Balaban J connectivity index is 1.91. The Hall–Kier alpha value is -3.36. The zero-order chi connectivity index (χ0) is 26.6. The number of hydrogen-bond donors (Lipinski definition) is 0. The topological polar surface area (TPSA) is 34.9 Å². The van der Waals surface area contributed by atoms with Crippen LogP contribution in [0.2, 0.25) is 0 Å². The van der Waals surface area contributed by atoms with Gasteiger partial charge in [-0.2, -0.15) is 27.1 Å². The van der Waals surface area contributed by atoms with Gasteiger partial charge in [0, 0.05) is 23.1 Å². The minimum atomic E-state index is -5.98. The molecule has 4 rings (SSSR count). The molecule has 0 amide bonds. The maximum absolute atomic E-state index is 15.3. The number of ketones is 1. The summed E-state index contributed by atoms with van der Waals surface area (Å²) in [6.45, 7) is 6.68. The van der Waals surface area contributed by atoms with E-state index in [1.54, 1.807) is 51.1 Å². The third-order valence-electron chi connectivity index (χ3n) is 6.83. The van der Waals surface area contributed by atoms with E-state index < -0.39 is 40.7 Å². The molecule has 190 valence electrons. The maximum Gasteiger partial charge on any atom is 0.459 e. The number of carbonyl (C=O) groups is 1. The lowest BCUT2D eigenvalue weighted by atomic mass is 9.79. The minimum Gasteiger partial charge on any atom is -0.288 e. The molecule has 1 aromatic heterocycles. The van der Waals surface area contributed by atoms with Crippen molar-refractivity contribution >= 4 is 11.5 Å². The van der Waals surface area contributed by atoms with Crippen molar-refractivity contribution in [3.8, 4) is 0 Å². The highest BCUT2D eigenvalue weighted by Crippen LogP contribution is 2.52. The zero-order valence-electron chi connectivity index (χ0n) is 20.1. The Morgan fingerprint density at radius 2 is 1.56 bits per heavy atom. The monoisotopic (exact) mass is 506 g/mol. The average Bonchev–Trinajstić information content (AvgIpc) is 3.30. The fourth-order valence-corrected chi connectivity index (χ4v) is 4.49. The van der Waals surface area contributed by atoms with Crippen LogP contribution >= 0.6 is 0 Å². The molecular formula is C27H24F6N2O. The normalized spacial score (nSPS) is 16.3. The Bertz CT molecular complexity index is 1340. The highest BCUT2D eigenvalue weighted by molar-refractivity contribution is 6.11. The zero-order valence-corrected chi connectivity index (χ0v) is 20.1. The van der Waals surface area contributed by atoms with Gasteiger partial charge in [-0.1, -0.05) is 74.0 Å². The number of aryl methyl sites for hydroxylation is 1. The standard InChI is InChI=1S/C27H24F6N2O/c1-15-10-12-17(13-11-15)19(28)14-20-16(2)25(3,4)24-21(22(36)18-8-6-5-7-9-18)23(34-35(20)24)26(29,30)27(31,32)33/h5-13,19H,14H2,1-4H3. The molecule has 1 unspecified atom stereocenters. The van der Waals surface area contributed by atoms with E-state index in [4.69, 9.17) is 0 Å². The summed E-state index contributed by atoms with van der Waals surface area (Å²) in [5.41, 5.74) is -1.89. The number of aromatic nitrogens is 2. The largest absolute Gasteiger partial charge is 0.459 e. The van der Waals surface area contributed by atoms with Crippen molar-refractivity contribution in [3.63, 3.8) is 0 Å². The van der Waals surface area contributed by atoms with Crippen LogP contribution < -0.4 is 0 Å². The molecule has 0 bridgehead atoms. The number of carbonyl (C=O) groups excluding carboxylic acids is 1. The van der Waals surface area contributed by atoms with Crippen LogP contribution in [0.1, 0.15) is 71.8 Å².